The number of halogens is 2. The zero-order valence-corrected chi connectivity index (χ0v) is 12.0. The molecule has 1 saturated heterocycles. The summed E-state index contributed by atoms with van der Waals surface area (Å²) < 4.78 is 52.6. The number of nitrogens with zero attached hydrogens (tertiary/aromatic N) is 1. The normalized spacial score (nSPS) is 22.7. The molecule has 1 aliphatic heterocycles. The molecule has 1 aromatic rings. The van der Waals surface area contributed by atoms with Crippen LogP contribution in [0.5, 0.6) is 0 Å². The fraction of sp³-hybridized carbons (Fsp3) is 0.538. The maximum absolute atomic E-state index is 13.2. The van der Waals surface area contributed by atoms with E-state index in [9.17, 15) is 17.2 Å². The van der Waals surface area contributed by atoms with Gasteiger partial charge >= 0.3 is 0 Å². The Morgan fingerprint density at radius 1 is 1.30 bits per heavy atom. The highest BCUT2D eigenvalue weighted by Crippen LogP contribution is 2.27. The minimum absolute atomic E-state index is 0.232. The molecule has 0 unspecified atom stereocenters. The van der Waals surface area contributed by atoms with Crippen LogP contribution in [0.3, 0.4) is 0 Å². The van der Waals surface area contributed by atoms with Gasteiger partial charge in [0.15, 0.2) is 11.6 Å². The summed E-state index contributed by atoms with van der Waals surface area (Å²) in [7, 11) is -3.85. The molecule has 1 aromatic carbocycles. The molecule has 0 spiro atoms. The smallest absolute Gasteiger partial charge is 0.243 e. The summed E-state index contributed by atoms with van der Waals surface area (Å²) in [6.45, 7) is 2.11. The third kappa shape index (κ3) is 2.84. The van der Waals surface area contributed by atoms with E-state index in [1.165, 1.54) is 4.31 Å². The van der Waals surface area contributed by atoms with E-state index in [1.807, 2.05) is 0 Å². The van der Waals surface area contributed by atoms with Crippen molar-refractivity contribution in [1.29, 1.82) is 0 Å². The number of nitrogens with two attached hydrogens (primary N) is 1. The average Bonchev–Trinajstić information content (AvgIpc) is 2.41. The molecule has 7 heteroatoms. The Hall–Kier alpha value is -1.05. The Morgan fingerprint density at radius 3 is 2.60 bits per heavy atom. The molecular formula is C13H18F2N2O2S. The first kappa shape index (κ1) is 15.3. The van der Waals surface area contributed by atoms with E-state index >= 15 is 0 Å². The molecule has 1 aliphatic rings. The molecule has 0 bridgehead atoms. The zero-order valence-electron chi connectivity index (χ0n) is 11.2. The van der Waals surface area contributed by atoms with Crippen LogP contribution in [-0.2, 0) is 10.0 Å². The Labute approximate surface area is 117 Å². The monoisotopic (exact) mass is 304 g/mol. The van der Waals surface area contributed by atoms with Crippen LogP contribution in [0.4, 0.5) is 8.78 Å². The second kappa shape index (κ2) is 5.75. The molecular weight excluding hydrogens is 286 g/mol. The third-order valence-electron chi connectivity index (χ3n) is 3.60. The van der Waals surface area contributed by atoms with E-state index in [4.69, 9.17) is 5.73 Å². The largest absolute Gasteiger partial charge is 0.326 e. The molecule has 0 aromatic heterocycles. The van der Waals surface area contributed by atoms with Gasteiger partial charge in [0.2, 0.25) is 10.0 Å². The fourth-order valence-electron chi connectivity index (χ4n) is 2.53. The van der Waals surface area contributed by atoms with Crippen LogP contribution in [-0.4, -0.2) is 31.4 Å². The van der Waals surface area contributed by atoms with E-state index in [0.717, 1.165) is 31.0 Å². The van der Waals surface area contributed by atoms with Gasteiger partial charge in [0.25, 0.3) is 0 Å². The number of benzene rings is 1. The van der Waals surface area contributed by atoms with Crippen LogP contribution in [0.2, 0.25) is 0 Å². The third-order valence-corrected chi connectivity index (χ3v) is 5.52. The van der Waals surface area contributed by atoms with Crippen molar-refractivity contribution in [3.05, 3.63) is 29.8 Å². The first-order valence-corrected chi connectivity index (χ1v) is 8.00. The highest BCUT2D eigenvalue weighted by Gasteiger charge is 2.35. The van der Waals surface area contributed by atoms with Gasteiger partial charge in [-0.2, -0.15) is 4.31 Å². The summed E-state index contributed by atoms with van der Waals surface area (Å²) in [6, 6.07) is 2.02. The molecule has 2 atom stereocenters. The van der Waals surface area contributed by atoms with Crippen molar-refractivity contribution < 1.29 is 17.2 Å². The minimum Gasteiger partial charge on any atom is -0.326 e. The van der Waals surface area contributed by atoms with Crippen LogP contribution >= 0.6 is 0 Å². The standard InChI is InChI=1S/C13H18F2N2O2S/c1-9(16)13-4-2-3-7-17(13)20(18,19)10-5-6-11(14)12(15)8-10/h5-6,8-9,13H,2-4,7,16H2,1H3/t9-,13+/m1/s1. The lowest BCUT2D eigenvalue weighted by atomic mass is 10.00. The van der Waals surface area contributed by atoms with Crippen LogP contribution in [0.25, 0.3) is 0 Å². The van der Waals surface area contributed by atoms with Crippen molar-refractivity contribution in [3.63, 3.8) is 0 Å². The number of hydrogen-bond donors (Lipinski definition) is 1. The lowest BCUT2D eigenvalue weighted by molar-refractivity contribution is 0.227. The van der Waals surface area contributed by atoms with Gasteiger partial charge in [-0.25, -0.2) is 17.2 Å². The van der Waals surface area contributed by atoms with E-state index in [-0.39, 0.29) is 17.0 Å². The molecule has 0 aliphatic carbocycles. The topological polar surface area (TPSA) is 63.4 Å². The summed E-state index contributed by atoms with van der Waals surface area (Å²) in [4.78, 5) is -0.232. The highest BCUT2D eigenvalue weighted by molar-refractivity contribution is 7.89. The molecule has 112 valence electrons. The fourth-order valence-corrected chi connectivity index (χ4v) is 4.31. The summed E-state index contributed by atoms with van der Waals surface area (Å²) >= 11 is 0. The Bertz CT molecular complexity index is 590. The van der Waals surface area contributed by atoms with E-state index in [2.05, 4.69) is 0 Å². The number of rotatable bonds is 3. The SMILES string of the molecule is C[C@@H](N)[C@@H]1CCCCN1S(=O)(=O)c1ccc(F)c(F)c1. The number of hydrogen-bond acceptors (Lipinski definition) is 3. The van der Waals surface area contributed by atoms with Gasteiger partial charge in [0.05, 0.1) is 4.90 Å². The summed E-state index contributed by atoms with van der Waals surface area (Å²) in [5, 5.41) is 0. The minimum atomic E-state index is -3.85. The van der Waals surface area contributed by atoms with Gasteiger partial charge in [-0.1, -0.05) is 6.42 Å². The van der Waals surface area contributed by atoms with Crippen molar-refractivity contribution in [1.82, 2.24) is 4.31 Å². The molecule has 1 fully saturated rings. The first-order valence-electron chi connectivity index (χ1n) is 6.56. The van der Waals surface area contributed by atoms with Gasteiger partial charge < -0.3 is 5.73 Å². The van der Waals surface area contributed by atoms with Crippen LogP contribution in [0.1, 0.15) is 26.2 Å². The second-order valence-corrected chi connectivity index (χ2v) is 7.00. The van der Waals surface area contributed by atoms with E-state index in [0.29, 0.717) is 13.0 Å². The predicted octanol–water partition coefficient (Wildman–Crippen LogP) is 1.86. The second-order valence-electron chi connectivity index (χ2n) is 5.11. The lowest BCUT2D eigenvalue weighted by Crippen LogP contribution is -2.51. The average molecular weight is 304 g/mol. The van der Waals surface area contributed by atoms with E-state index < -0.39 is 21.7 Å². The highest BCUT2D eigenvalue weighted by atomic mass is 32.2. The quantitative estimate of drug-likeness (QED) is 0.927. The molecule has 2 N–H and O–H groups in total. The van der Waals surface area contributed by atoms with Crippen molar-refractivity contribution in [2.45, 2.75) is 43.2 Å². The molecule has 1 heterocycles. The van der Waals surface area contributed by atoms with Crippen LogP contribution < -0.4 is 5.73 Å². The molecule has 0 saturated carbocycles. The van der Waals surface area contributed by atoms with Crippen molar-refractivity contribution in [3.8, 4) is 0 Å². The zero-order chi connectivity index (χ0) is 14.9. The molecule has 2 rings (SSSR count). The predicted molar refractivity (Wildman–Crippen MR) is 71.5 cm³/mol. The Balaban J connectivity index is 2.39. The maximum atomic E-state index is 13.2. The van der Waals surface area contributed by atoms with Gasteiger partial charge in [0.1, 0.15) is 0 Å². The van der Waals surface area contributed by atoms with Gasteiger partial charge in [-0.3, -0.25) is 0 Å². The van der Waals surface area contributed by atoms with E-state index in [1.54, 1.807) is 6.92 Å². The molecule has 20 heavy (non-hydrogen) atoms. The summed E-state index contributed by atoms with van der Waals surface area (Å²) in [5.41, 5.74) is 5.85. The van der Waals surface area contributed by atoms with Gasteiger partial charge in [0, 0.05) is 18.6 Å². The summed E-state index contributed by atoms with van der Waals surface area (Å²) in [5.74, 6) is -2.23. The Kier molecular flexibility index (Phi) is 4.41. The first-order chi connectivity index (χ1) is 9.34. The molecule has 0 amide bonds. The maximum Gasteiger partial charge on any atom is 0.243 e. The number of sulfonamides is 1. The van der Waals surface area contributed by atoms with Crippen molar-refractivity contribution in [2.75, 3.05) is 6.54 Å². The molecule has 4 nitrogen and oxygen atoms in total. The lowest BCUT2D eigenvalue weighted by Gasteiger charge is -2.36. The Morgan fingerprint density at radius 2 is 2.00 bits per heavy atom. The van der Waals surface area contributed by atoms with Crippen molar-refractivity contribution >= 4 is 10.0 Å². The van der Waals surface area contributed by atoms with Gasteiger partial charge in [-0.15, -0.1) is 0 Å². The van der Waals surface area contributed by atoms with Crippen LogP contribution in [0.15, 0.2) is 23.1 Å². The van der Waals surface area contributed by atoms with Gasteiger partial charge in [-0.05, 0) is 38.0 Å². The number of piperidine rings is 1. The van der Waals surface area contributed by atoms with Crippen LogP contribution in [0, 0.1) is 11.6 Å². The summed E-state index contributed by atoms with van der Waals surface area (Å²) in [6.07, 6.45) is 2.34. The van der Waals surface area contributed by atoms with Crippen molar-refractivity contribution in [2.24, 2.45) is 5.73 Å². The molecule has 0 radical (unpaired) electrons.